The van der Waals surface area contributed by atoms with Crippen molar-refractivity contribution in [3.63, 3.8) is 0 Å². The molecule has 11 heteroatoms. The normalized spacial score (nSPS) is 18.5. The number of nitrogens with one attached hydrogen (secondary N) is 1. The highest BCUT2D eigenvalue weighted by molar-refractivity contribution is 5.82. The molecule has 278 valence electrons. The number of benzene rings is 3. The van der Waals surface area contributed by atoms with Crippen molar-refractivity contribution in [3.05, 3.63) is 89.5 Å². The summed E-state index contributed by atoms with van der Waals surface area (Å²) in [4.78, 5) is 26.3. The zero-order valence-corrected chi connectivity index (χ0v) is 30.4. The van der Waals surface area contributed by atoms with Gasteiger partial charge in [-0.2, -0.15) is 0 Å². The molecule has 0 bridgehead atoms. The lowest BCUT2D eigenvalue weighted by molar-refractivity contribution is -0.144. The molecule has 1 heterocycles. The van der Waals surface area contributed by atoms with Crippen LogP contribution in [0, 0.1) is 5.92 Å². The third-order valence-electron chi connectivity index (χ3n) is 9.31. The van der Waals surface area contributed by atoms with Crippen LogP contribution in [0.25, 0.3) is 0 Å². The van der Waals surface area contributed by atoms with E-state index in [0.29, 0.717) is 45.1 Å². The Morgan fingerprint density at radius 2 is 1.63 bits per heavy atom. The van der Waals surface area contributed by atoms with E-state index in [1.165, 1.54) is 6.92 Å². The van der Waals surface area contributed by atoms with Gasteiger partial charge in [0.2, 0.25) is 11.8 Å². The van der Waals surface area contributed by atoms with Crippen molar-refractivity contribution in [2.24, 2.45) is 11.7 Å². The number of rotatable bonds is 20. The fraction of sp³-hybridized carbons (Fsp3) is 0.500. The second kappa shape index (κ2) is 20.6. The Hall–Kier alpha value is -4.16. The van der Waals surface area contributed by atoms with E-state index < -0.39 is 18.2 Å². The van der Waals surface area contributed by atoms with E-state index in [1.54, 1.807) is 12.0 Å². The molecule has 4 rings (SSSR count). The van der Waals surface area contributed by atoms with Gasteiger partial charge in [0.05, 0.1) is 51.8 Å². The Kier molecular flexibility index (Phi) is 16.0. The van der Waals surface area contributed by atoms with E-state index >= 15 is 0 Å². The lowest BCUT2D eigenvalue weighted by Crippen LogP contribution is -2.58. The minimum Gasteiger partial charge on any atom is -0.496 e. The van der Waals surface area contributed by atoms with Crippen molar-refractivity contribution in [1.82, 2.24) is 10.2 Å². The molecule has 0 radical (unpaired) electrons. The molecule has 3 aromatic carbocycles. The second-order valence-electron chi connectivity index (χ2n) is 13.0. The highest BCUT2D eigenvalue weighted by Gasteiger charge is 2.41. The summed E-state index contributed by atoms with van der Waals surface area (Å²) in [7, 11) is 1.65. The Labute approximate surface area is 302 Å². The monoisotopic (exact) mass is 705 g/mol. The van der Waals surface area contributed by atoms with Crippen LogP contribution in [0.2, 0.25) is 0 Å². The molecule has 4 N–H and O–H groups in total. The van der Waals surface area contributed by atoms with Gasteiger partial charge >= 0.3 is 0 Å². The van der Waals surface area contributed by atoms with E-state index in [2.05, 4.69) is 5.32 Å². The molecular weight excluding hydrogens is 650 g/mol. The number of amides is 2. The molecule has 1 aliphatic rings. The first-order valence-corrected chi connectivity index (χ1v) is 17.9. The third kappa shape index (κ3) is 12.0. The van der Waals surface area contributed by atoms with Gasteiger partial charge in [0.1, 0.15) is 23.9 Å². The number of nitrogens with zero attached hydrogens (tertiary/aromatic N) is 1. The second-order valence-corrected chi connectivity index (χ2v) is 13.0. The summed E-state index contributed by atoms with van der Waals surface area (Å²) in [6.45, 7) is 8.46. The van der Waals surface area contributed by atoms with Gasteiger partial charge in [-0.25, -0.2) is 0 Å². The zero-order chi connectivity index (χ0) is 36.6. The van der Waals surface area contributed by atoms with E-state index in [9.17, 15) is 14.7 Å². The summed E-state index contributed by atoms with van der Waals surface area (Å²) < 4.78 is 29.7. The number of nitrogens with two attached hydrogens (primary N) is 1. The number of piperidine rings is 1. The van der Waals surface area contributed by atoms with Crippen LogP contribution in [-0.2, 0) is 32.1 Å². The standard InChI is InChI=1S/C40H55N3O8/c1-5-28(2)39(41)40(46)43-25-34(45)38(37(26-43)51-24-23-50-36-14-9-6-11-30(36)19-20-42-29(3)44)31-15-17-33(18-16-31)49-22-10-21-48-27-32-12-7-8-13-35(32)47-4/h6-9,11-18,28,34,37-39,45H,5,10,19-27,41H2,1-4H3,(H,42,44)/t28-,34+,37-,38-,39-/m0/s1. The lowest BCUT2D eigenvalue weighted by Gasteiger charge is -2.43. The van der Waals surface area contributed by atoms with Gasteiger partial charge in [-0.1, -0.05) is 68.8 Å². The number of β-amino-alcohol motifs (C(OH)–C–C–N with tert-alkyl or cyclic N) is 1. The maximum Gasteiger partial charge on any atom is 0.239 e. The smallest absolute Gasteiger partial charge is 0.239 e. The van der Waals surface area contributed by atoms with Gasteiger partial charge in [-0.15, -0.1) is 0 Å². The molecule has 51 heavy (non-hydrogen) atoms. The number of hydrogen-bond acceptors (Lipinski definition) is 9. The number of carbonyl (C=O) groups excluding carboxylic acids is 2. The van der Waals surface area contributed by atoms with E-state index in [4.69, 9.17) is 29.4 Å². The Balaban J connectivity index is 1.34. The number of hydrogen-bond donors (Lipinski definition) is 3. The summed E-state index contributed by atoms with van der Waals surface area (Å²) >= 11 is 0. The number of ether oxygens (including phenoxy) is 5. The predicted molar refractivity (Wildman–Crippen MR) is 196 cm³/mol. The average Bonchev–Trinajstić information content (AvgIpc) is 3.14. The van der Waals surface area contributed by atoms with Gasteiger partial charge in [-0.05, 0) is 47.7 Å². The van der Waals surface area contributed by atoms with E-state index in [0.717, 1.165) is 41.0 Å². The first-order valence-electron chi connectivity index (χ1n) is 17.9. The Morgan fingerprint density at radius 1 is 0.922 bits per heavy atom. The van der Waals surface area contributed by atoms with Gasteiger partial charge < -0.3 is 44.7 Å². The van der Waals surface area contributed by atoms with Crippen LogP contribution in [0.4, 0.5) is 0 Å². The summed E-state index contributed by atoms with van der Waals surface area (Å²) in [5, 5.41) is 14.3. The zero-order valence-electron chi connectivity index (χ0n) is 30.4. The largest absolute Gasteiger partial charge is 0.496 e. The minimum absolute atomic E-state index is 0.0114. The van der Waals surface area contributed by atoms with Crippen LogP contribution in [0.1, 0.15) is 56.2 Å². The van der Waals surface area contributed by atoms with E-state index in [-0.39, 0.29) is 43.4 Å². The number of para-hydroxylation sites is 2. The van der Waals surface area contributed by atoms with Crippen molar-refractivity contribution in [2.75, 3.05) is 53.2 Å². The lowest BCUT2D eigenvalue weighted by atomic mass is 9.84. The molecule has 2 amide bonds. The van der Waals surface area contributed by atoms with Crippen LogP contribution in [0.5, 0.6) is 17.2 Å². The quantitative estimate of drug-likeness (QED) is 0.145. The summed E-state index contributed by atoms with van der Waals surface area (Å²) in [6, 6.07) is 22.5. The van der Waals surface area contributed by atoms with Crippen molar-refractivity contribution in [3.8, 4) is 17.2 Å². The van der Waals surface area contributed by atoms with Crippen LogP contribution < -0.4 is 25.3 Å². The first-order chi connectivity index (χ1) is 24.7. The molecular formula is C40H55N3O8. The highest BCUT2D eigenvalue weighted by atomic mass is 16.5. The minimum atomic E-state index is -0.862. The molecule has 1 fully saturated rings. The molecule has 0 unspecified atom stereocenters. The van der Waals surface area contributed by atoms with Crippen molar-refractivity contribution in [1.29, 1.82) is 0 Å². The van der Waals surface area contributed by atoms with Crippen molar-refractivity contribution < 1.29 is 38.4 Å². The number of methoxy groups -OCH3 is 1. The number of likely N-dealkylation sites (tertiary alicyclic amines) is 1. The average molecular weight is 706 g/mol. The molecule has 3 aromatic rings. The summed E-state index contributed by atoms with van der Waals surface area (Å²) in [6.07, 6.45) is 0.781. The molecule has 1 aliphatic heterocycles. The maximum atomic E-state index is 13.4. The molecule has 1 saturated heterocycles. The van der Waals surface area contributed by atoms with Gasteiger partial charge in [0.25, 0.3) is 0 Å². The van der Waals surface area contributed by atoms with Gasteiger partial charge in [0, 0.05) is 44.5 Å². The number of aliphatic hydroxyl groups excluding tert-OH is 1. The molecule has 0 spiro atoms. The molecule has 0 aliphatic carbocycles. The Morgan fingerprint density at radius 3 is 2.33 bits per heavy atom. The van der Waals surface area contributed by atoms with Crippen molar-refractivity contribution >= 4 is 11.8 Å². The Bertz CT molecular complexity index is 1500. The summed E-state index contributed by atoms with van der Waals surface area (Å²) in [5.74, 6) is 1.62. The first kappa shape index (κ1) is 39.6. The topological polar surface area (TPSA) is 142 Å². The van der Waals surface area contributed by atoms with Crippen LogP contribution in [0.15, 0.2) is 72.8 Å². The fourth-order valence-corrected chi connectivity index (χ4v) is 6.19. The molecule has 0 saturated carbocycles. The molecule has 11 nitrogen and oxygen atoms in total. The molecule has 5 atom stereocenters. The number of carbonyl (C=O) groups is 2. The van der Waals surface area contributed by atoms with Gasteiger partial charge in [-0.3, -0.25) is 9.59 Å². The fourth-order valence-electron chi connectivity index (χ4n) is 6.19. The predicted octanol–water partition coefficient (Wildman–Crippen LogP) is 4.48. The maximum absolute atomic E-state index is 13.4. The molecule has 0 aromatic heterocycles. The SMILES string of the molecule is CC[C@H](C)[C@H](N)C(=O)N1C[C@@H](O)[C@H](c2ccc(OCCCOCc3ccccc3OC)cc2)[C@@H](OCCOc2ccccc2CCNC(C)=O)C1. The third-order valence-corrected chi connectivity index (χ3v) is 9.31. The van der Waals surface area contributed by atoms with Crippen LogP contribution >= 0.6 is 0 Å². The van der Waals surface area contributed by atoms with Crippen molar-refractivity contribution in [2.45, 2.75) is 70.8 Å². The number of aliphatic hydroxyl groups is 1. The van der Waals surface area contributed by atoms with E-state index in [1.807, 2.05) is 86.6 Å². The highest BCUT2D eigenvalue weighted by Crippen LogP contribution is 2.33. The van der Waals surface area contributed by atoms with Crippen LogP contribution in [0.3, 0.4) is 0 Å². The van der Waals surface area contributed by atoms with Crippen LogP contribution in [-0.4, -0.2) is 93.2 Å². The summed E-state index contributed by atoms with van der Waals surface area (Å²) in [5.41, 5.74) is 9.20. The van der Waals surface area contributed by atoms with Gasteiger partial charge in [0.15, 0.2) is 0 Å².